The van der Waals surface area contributed by atoms with Crippen molar-refractivity contribution in [2.45, 2.75) is 45.7 Å². The van der Waals surface area contributed by atoms with Gasteiger partial charge < -0.3 is 4.90 Å². The number of hydrogen-bond acceptors (Lipinski definition) is 4. The second-order valence-corrected chi connectivity index (χ2v) is 7.32. The summed E-state index contributed by atoms with van der Waals surface area (Å²) < 4.78 is 1.54. The van der Waals surface area contributed by atoms with E-state index >= 15 is 0 Å². The molecule has 3 rings (SSSR count). The lowest BCUT2D eigenvalue weighted by molar-refractivity contribution is 0.0619. The molecular weight excluding hydrogens is 322 g/mol. The van der Waals surface area contributed by atoms with Gasteiger partial charge in [-0.25, -0.2) is 4.98 Å². The van der Waals surface area contributed by atoms with Crippen LogP contribution in [0.15, 0.2) is 35.8 Å². The van der Waals surface area contributed by atoms with Crippen LogP contribution in [-0.4, -0.2) is 32.3 Å². The van der Waals surface area contributed by atoms with E-state index in [1.165, 1.54) is 17.5 Å². The maximum Gasteiger partial charge on any atom is 0.271 e. The van der Waals surface area contributed by atoms with Gasteiger partial charge in [-0.1, -0.05) is 18.2 Å². The van der Waals surface area contributed by atoms with Crippen molar-refractivity contribution in [3.63, 3.8) is 0 Å². The monoisotopic (exact) mass is 343 g/mol. The number of carbonyl (C=O) groups is 1. The highest BCUT2D eigenvalue weighted by atomic mass is 32.1. The van der Waals surface area contributed by atoms with Crippen LogP contribution in [-0.2, 0) is 0 Å². The van der Waals surface area contributed by atoms with Crippen molar-refractivity contribution in [3.05, 3.63) is 57.5 Å². The van der Waals surface area contributed by atoms with E-state index in [-0.39, 0.29) is 29.1 Å². The normalized spacial score (nSPS) is 20.5. The Morgan fingerprint density at radius 1 is 1.50 bits per heavy atom. The van der Waals surface area contributed by atoms with Crippen molar-refractivity contribution >= 4 is 22.2 Å². The molecular formula is C18H21N3O2S. The molecule has 2 aromatic heterocycles. The molecule has 0 aromatic carbocycles. The van der Waals surface area contributed by atoms with Crippen molar-refractivity contribution in [2.75, 3.05) is 0 Å². The smallest absolute Gasteiger partial charge is 0.271 e. The number of hydrogen-bond donors (Lipinski definition) is 0. The van der Waals surface area contributed by atoms with Gasteiger partial charge in [-0.2, -0.15) is 0 Å². The van der Waals surface area contributed by atoms with Crippen LogP contribution in [0.2, 0.25) is 0 Å². The lowest BCUT2D eigenvalue weighted by atomic mass is 9.99. The van der Waals surface area contributed by atoms with E-state index in [9.17, 15) is 9.59 Å². The Balaban J connectivity index is 2.09. The molecule has 2 atom stereocenters. The molecule has 0 bridgehead atoms. The number of fused-ring (bicyclic) bond motifs is 1. The molecule has 0 aliphatic carbocycles. The Bertz CT molecular complexity index is 894. The zero-order chi connectivity index (χ0) is 17.4. The summed E-state index contributed by atoms with van der Waals surface area (Å²) in [5.74, 6) is -0.256. The first-order valence-electron chi connectivity index (χ1n) is 8.03. The third-order valence-electron chi connectivity index (χ3n) is 4.58. The predicted molar refractivity (Wildman–Crippen MR) is 96.8 cm³/mol. The molecule has 0 saturated heterocycles. The van der Waals surface area contributed by atoms with Gasteiger partial charge in [-0.05, 0) is 33.6 Å². The lowest BCUT2D eigenvalue weighted by Crippen LogP contribution is -2.48. The average Bonchev–Trinajstić information content (AvgIpc) is 2.83. The third-order valence-corrected chi connectivity index (χ3v) is 5.65. The molecule has 1 aliphatic rings. The average molecular weight is 343 g/mol. The van der Waals surface area contributed by atoms with Crippen LogP contribution in [0, 0.1) is 13.8 Å². The third kappa shape index (κ3) is 2.60. The van der Waals surface area contributed by atoms with Gasteiger partial charge in [0.1, 0.15) is 5.56 Å². The summed E-state index contributed by atoms with van der Waals surface area (Å²) in [4.78, 5) is 33.7. The molecule has 1 amide bonds. The zero-order valence-corrected chi connectivity index (χ0v) is 15.0. The second kappa shape index (κ2) is 6.36. The molecule has 0 N–H and O–H groups in total. The summed E-state index contributed by atoms with van der Waals surface area (Å²) in [6.45, 7) is 9.58. The fourth-order valence-corrected chi connectivity index (χ4v) is 4.12. The van der Waals surface area contributed by atoms with Crippen molar-refractivity contribution in [2.24, 2.45) is 0 Å². The topological polar surface area (TPSA) is 54.7 Å². The Labute approximate surface area is 144 Å². The van der Waals surface area contributed by atoms with Crippen molar-refractivity contribution in [1.82, 2.24) is 14.3 Å². The number of aryl methyl sites for hydroxylation is 2. The van der Waals surface area contributed by atoms with Gasteiger partial charge in [0.25, 0.3) is 11.5 Å². The molecule has 1 aliphatic heterocycles. The molecule has 0 fully saturated rings. The summed E-state index contributed by atoms with van der Waals surface area (Å²) in [6, 6.07) is -0.0259. The first-order valence-corrected chi connectivity index (χ1v) is 8.85. The van der Waals surface area contributed by atoms with Crippen molar-refractivity contribution < 1.29 is 4.79 Å². The largest absolute Gasteiger partial charge is 0.329 e. The maximum atomic E-state index is 13.1. The molecule has 6 heteroatoms. The molecule has 0 unspecified atom stereocenters. The van der Waals surface area contributed by atoms with Gasteiger partial charge in [0.15, 0.2) is 4.96 Å². The summed E-state index contributed by atoms with van der Waals surface area (Å²) in [7, 11) is 0. The van der Waals surface area contributed by atoms with E-state index in [2.05, 4.69) is 17.6 Å². The quantitative estimate of drug-likeness (QED) is 0.805. The van der Waals surface area contributed by atoms with E-state index in [0.717, 1.165) is 17.0 Å². The maximum absolute atomic E-state index is 13.1. The molecule has 0 spiro atoms. The second-order valence-electron chi connectivity index (χ2n) is 6.13. The minimum Gasteiger partial charge on any atom is -0.329 e. The number of thiazole rings is 1. The van der Waals surface area contributed by atoms with Crippen LogP contribution >= 0.6 is 11.3 Å². The summed E-state index contributed by atoms with van der Waals surface area (Å²) in [5, 5.41) is 0. The first-order chi connectivity index (χ1) is 11.5. The molecule has 2 aromatic rings. The van der Waals surface area contributed by atoms with Gasteiger partial charge in [0, 0.05) is 28.9 Å². The fourth-order valence-electron chi connectivity index (χ4n) is 3.19. The molecule has 24 heavy (non-hydrogen) atoms. The van der Waals surface area contributed by atoms with Crippen LogP contribution in [0.1, 0.15) is 40.7 Å². The molecule has 0 radical (unpaired) electrons. The van der Waals surface area contributed by atoms with E-state index in [1.54, 1.807) is 9.30 Å². The van der Waals surface area contributed by atoms with Gasteiger partial charge in [-0.3, -0.25) is 14.0 Å². The molecule has 3 heterocycles. The van der Waals surface area contributed by atoms with Crippen LogP contribution in [0.25, 0.3) is 4.96 Å². The number of carbonyl (C=O) groups excluding carboxylic acids is 1. The van der Waals surface area contributed by atoms with Crippen LogP contribution in [0.4, 0.5) is 0 Å². The minimum absolute atomic E-state index is 0.0282. The van der Waals surface area contributed by atoms with Crippen LogP contribution in [0.5, 0.6) is 0 Å². The fraction of sp³-hybridized carbons (Fsp3) is 0.389. The van der Waals surface area contributed by atoms with Crippen molar-refractivity contribution in [1.29, 1.82) is 0 Å². The Morgan fingerprint density at radius 2 is 2.25 bits per heavy atom. The van der Waals surface area contributed by atoms with E-state index in [4.69, 9.17) is 0 Å². The SMILES string of the molecule is C=CC[C@@H]1CC=C[C@@H](C)N1C(=O)c1cnc2sc(C)c(C)n2c1=O. The lowest BCUT2D eigenvalue weighted by Gasteiger charge is -2.37. The van der Waals surface area contributed by atoms with E-state index in [0.29, 0.717) is 11.4 Å². The highest BCUT2D eigenvalue weighted by molar-refractivity contribution is 7.17. The highest BCUT2D eigenvalue weighted by Crippen LogP contribution is 2.23. The standard InChI is InChI=1S/C18H21N3O2S/c1-5-7-14-9-6-8-11(2)20(14)16(22)15-10-19-18-21(17(15)23)12(3)13(4)24-18/h5-6,8,10-11,14H,1,7,9H2,2-4H3/t11-,14-/m1/s1. The predicted octanol–water partition coefficient (Wildman–Crippen LogP) is 3.11. The van der Waals surface area contributed by atoms with Crippen molar-refractivity contribution in [3.8, 4) is 0 Å². The Hall–Kier alpha value is -2.21. The van der Waals surface area contributed by atoms with Crippen LogP contribution in [0.3, 0.4) is 0 Å². The Kier molecular flexibility index (Phi) is 4.41. The van der Waals surface area contributed by atoms with Gasteiger partial charge in [-0.15, -0.1) is 17.9 Å². The zero-order valence-electron chi connectivity index (χ0n) is 14.2. The summed E-state index contributed by atoms with van der Waals surface area (Å²) in [5.41, 5.74) is 0.687. The Morgan fingerprint density at radius 3 is 2.96 bits per heavy atom. The highest BCUT2D eigenvalue weighted by Gasteiger charge is 2.31. The number of rotatable bonds is 3. The molecule has 126 valence electrons. The van der Waals surface area contributed by atoms with Gasteiger partial charge in [0.2, 0.25) is 0 Å². The van der Waals surface area contributed by atoms with E-state index < -0.39 is 0 Å². The molecule has 0 saturated carbocycles. The van der Waals surface area contributed by atoms with Gasteiger partial charge >= 0.3 is 0 Å². The minimum atomic E-state index is -0.286. The molecule has 5 nitrogen and oxygen atoms in total. The summed E-state index contributed by atoms with van der Waals surface area (Å²) >= 11 is 1.46. The number of nitrogens with zero attached hydrogens (tertiary/aromatic N) is 3. The summed E-state index contributed by atoms with van der Waals surface area (Å²) in [6.07, 6.45) is 8.80. The van der Waals surface area contributed by atoms with E-state index in [1.807, 2.05) is 32.9 Å². The number of amides is 1. The van der Waals surface area contributed by atoms with Gasteiger partial charge in [0.05, 0.1) is 0 Å². The number of aromatic nitrogens is 2. The van der Waals surface area contributed by atoms with Crippen LogP contribution < -0.4 is 5.56 Å². The first kappa shape index (κ1) is 16.6.